The molecule has 1 N–H and O–H groups in total. The molecule has 0 saturated carbocycles. The van der Waals surface area contributed by atoms with Gasteiger partial charge in [0.25, 0.3) is 0 Å². The summed E-state index contributed by atoms with van der Waals surface area (Å²) in [5.74, 6) is 0.0924. The Morgan fingerprint density at radius 2 is 2.10 bits per heavy atom. The molecule has 1 aliphatic heterocycles. The zero-order valence-corrected chi connectivity index (χ0v) is 13.6. The van der Waals surface area contributed by atoms with Crippen LogP contribution in [0.3, 0.4) is 0 Å². The monoisotopic (exact) mass is 314 g/mol. The van der Waals surface area contributed by atoms with Crippen LogP contribution in [-0.4, -0.2) is 39.1 Å². The van der Waals surface area contributed by atoms with Gasteiger partial charge in [0, 0.05) is 24.8 Å². The highest BCUT2D eigenvalue weighted by atomic mass is 32.2. The van der Waals surface area contributed by atoms with E-state index in [-0.39, 0.29) is 29.4 Å². The second-order valence-electron chi connectivity index (χ2n) is 5.97. The molecule has 1 saturated heterocycles. The molecule has 2 rings (SSSR count). The van der Waals surface area contributed by atoms with Crippen LogP contribution in [0.1, 0.15) is 26.7 Å². The topological polar surface area (TPSA) is 49.4 Å². The van der Waals surface area contributed by atoms with Crippen molar-refractivity contribution >= 4 is 21.2 Å². The average Bonchev–Trinajstić information content (AvgIpc) is 2.36. The lowest BCUT2D eigenvalue weighted by molar-refractivity contribution is 0.561. The van der Waals surface area contributed by atoms with Gasteiger partial charge in [-0.2, -0.15) is 0 Å². The predicted molar refractivity (Wildman–Crippen MR) is 85.2 cm³/mol. The van der Waals surface area contributed by atoms with Crippen molar-refractivity contribution in [3.8, 4) is 0 Å². The summed E-state index contributed by atoms with van der Waals surface area (Å²) in [6.45, 7) is 4.00. The summed E-state index contributed by atoms with van der Waals surface area (Å²) in [4.78, 5) is 1.87. The van der Waals surface area contributed by atoms with Crippen LogP contribution in [0.15, 0.2) is 18.2 Å². The molecule has 1 aromatic carbocycles. The Morgan fingerprint density at radius 3 is 2.67 bits per heavy atom. The van der Waals surface area contributed by atoms with Crippen LogP contribution in [0.2, 0.25) is 0 Å². The van der Waals surface area contributed by atoms with Crippen molar-refractivity contribution in [1.82, 2.24) is 0 Å². The molecule has 1 aromatic rings. The van der Waals surface area contributed by atoms with Crippen molar-refractivity contribution < 1.29 is 12.8 Å². The lowest BCUT2D eigenvalue weighted by atomic mass is 10.1. The smallest absolute Gasteiger partial charge is 0.152 e. The summed E-state index contributed by atoms with van der Waals surface area (Å²) >= 11 is 0. The molecule has 0 amide bonds. The predicted octanol–water partition coefficient (Wildman–Crippen LogP) is 2.66. The second kappa shape index (κ2) is 6.22. The normalized spacial score (nSPS) is 21.3. The zero-order chi connectivity index (χ0) is 15.6. The highest BCUT2D eigenvalue weighted by molar-refractivity contribution is 7.91. The van der Waals surface area contributed by atoms with Crippen LogP contribution >= 0.6 is 0 Å². The van der Waals surface area contributed by atoms with E-state index in [4.69, 9.17) is 0 Å². The van der Waals surface area contributed by atoms with Gasteiger partial charge < -0.3 is 10.2 Å². The van der Waals surface area contributed by atoms with Gasteiger partial charge in [-0.15, -0.1) is 0 Å². The van der Waals surface area contributed by atoms with Gasteiger partial charge in [-0.1, -0.05) is 0 Å². The summed E-state index contributed by atoms with van der Waals surface area (Å²) in [7, 11) is -1.11. The van der Waals surface area contributed by atoms with E-state index >= 15 is 0 Å². The molecule has 6 heteroatoms. The lowest BCUT2D eigenvalue weighted by Crippen LogP contribution is -2.34. The first-order valence-electron chi connectivity index (χ1n) is 7.28. The first-order chi connectivity index (χ1) is 9.78. The summed E-state index contributed by atoms with van der Waals surface area (Å²) in [5, 5.41) is 3.13. The number of rotatable bonds is 4. The van der Waals surface area contributed by atoms with E-state index in [9.17, 15) is 12.8 Å². The molecular formula is C15H23FN2O2S. The highest BCUT2D eigenvalue weighted by Crippen LogP contribution is 2.25. The highest BCUT2D eigenvalue weighted by Gasteiger charge is 2.24. The van der Waals surface area contributed by atoms with Gasteiger partial charge in [0.2, 0.25) is 0 Å². The molecular weight excluding hydrogens is 291 g/mol. The SMILES string of the molecule is CC(C)N(C)c1ccc(NC2CCCS(=O)(=O)C2)cc1F. The zero-order valence-electron chi connectivity index (χ0n) is 12.8. The quantitative estimate of drug-likeness (QED) is 0.928. The fourth-order valence-electron chi connectivity index (χ4n) is 2.53. The largest absolute Gasteiger partial charge is 0.381 e. The maximum Gasteiger partial charge on any atom is 0.152 e. The number of sulfone groups is 1. The van der Waals surface area contributed by atoms with E-state index in [2.05, 4.69) is 5.32 Å². The third-order valence-corrected chi connectivity index (χ3v) is 5.76. The standard InChI is InChI=1S/C15H23FN2O2S/c1-11(2)18(3)15-7-6-12(9-14(15)16)17-13-5-4-8-21(19,20)10-13/h6-7,9,11,13,17H,4-5,8,10H2,1-3H3. The van der Waals surface area contributed by atoms with E-state index in [1.165, 1.54) is 6.07 Å². The Bertz CT molecular complexity index is 602. The molecule has 1 heterocycles. The minimum atomic E-state index is -2.96. The second-order valence-corrected chi connectivity index (χ2v) is 8.20. The van der Waals surface area contributed by atoms with Crippen molar-refractivity contribution in [3.63, 3.8) is 0 Å². The fraction of sp³-hybridized carbons (Fsp3) is 0.600. The van der Waals surface area contributed by atoms with E-state index in [0.717, 1.165) is 6.42 Å². The molecule has 0 bridgehead atoms. The van der Waals surface area contributed by atoms with Crippen molar-refractivity contribution in [2.75, 3.05) is 28.8 Å². The molecule has 0 aromatic heterocycles. The molecule has 1 atom stereocenters. The first kappa shape index (κ1) is 16.1. The van der Waals surface area contributed by atoms with Crippen molar-refractivity contribution in [2.45, 2.75) is 38.8 Å². The Morgan fingerprint density at radius 1 is 1.38 bits per heavy atom. The minimum absolute atomic E-state index is 0.127. The first-order valence-corrected chi connectivity index (χ1v) is 9.10. The molecule has 21 heavy (non-hydrogen) atoms. The van der Waals surface area contributed by atoms with Gasteiger partial charge >= 0.3 is 0 Å². The average molecular weight is 314 g/mol. The van der Waals surface area contributed by atoms with Crippen LogP contribution in [0.5, 0.6) is 0 Å². The molecule has 0 aliphatic carbocycles. The summed E-state index contributed by atoms with van der Waals surface area (Å²) in [6, 6.07) is 5.06. The molecule has 1 aliphatic rings. The van der Waals surface area contributed by atoms with Gasteiger partial charge in [-0.05, 0) is 44.9 Å². The van der Waals surface area contributed by atoms with E-state index in [1.807, 2.05) is 25.8 Å². The molecule has 0 radical (unpaired) electrons. The number of anilines is 2. The Labute approximate surface area is 126 Å². The minimum Gasteiger partial charge on any atom is -0.381 e. The van der Waals surface area contributed by atoms with Crippen LogP contribution in [0, 0.1) is 5.82 Å². The van der Waals surface area contributed by atoms with Gasteiger partial charge in [0.15, 0.2) is 9.84 Å². The summed E-state index contributed by atoms with van der Waals surface area (Å²) in [6.07, 6.45) is 1.46. The summed E-state index contributed by atoms with van der Waals surface area (Å²) < 4.78 is 37.4. The number of benzene rings is 1. The fourth-order valence-corrected chi connectivity index (χ4v) is 4.17. The number of nitrogens with one attached hydrogen (secondary N) is 1. The van der Waals surface area contributed by atoms with Gasteiger partial charge in [-0.25, -0.2) is 12.8 Å². The number of halogens is 1. The number of hydrogen-bond donors (Lipinski definition) is 1. The van der Waals surface area contributed by atoms with Gasteiger partial charge in [0.1, 0.15) is 5.82 Å². The Balaban J connectivity index is 2.10. The molecule has 1 unspecified atom stereocenters. The van der Waals surface area contributed by atoms with Gasteiger partial charge in [-0.3, -0.25) is 0 Å². The van der Waals surface area contributed by atoms with Crippen LogP contribution in [0.25, 0.3) is 0 Å². The van der Waals surface area contributed by atoms with E-state index in [1.54, 1.807) is 12.1 Å². The number of hydrogen-bond acceptors (Lipinski definition) is 4. The van der Waals surface area contributed by atoms with E-state index < -0.39 is 9.84 Å². The molecule has 0 spiro atoms. The third-order valence-electron chi connectivity index (χ3n) is 3.94. The van der Waals surface area contributed by atoms with Crippen molar-refractivity contribution in [3.05, 3.63) is 24.0 Å². The Hall–Kier alpha value is -1.30. The maximum atomic E-state index is 14.2. The summed E-state index contributed by atoms with van der Waals surface area (Å²) in [5.41, 5.74) is 1.18. The Kier molecular flexibility index (Phi) is 4.76. The molecule has 1 fully saturated rings. The van der Waals surface area contributed by atoms with Crippen molar-refractivity contribution in [2.24, 2.45) is 0 Å². The molecule has 118 valence electrons. The molecule has 4 nitrogen and oxygen atoms in total. The van der Waals surface area contributed by atoms with E-state index in [0.29, 0.717) is 17.8 Å². The third kappa shape index (κ3) is 4.09. The van der Waals surface area contributed by atoms with Crippen LogP contribution in [-0.2, 0) is 9.84 Å². The van der Waals surface area contributed by atoms with Crippen LogP contribution < -0.4 is 10.2 Å². The van der Waals surface area contributed by atoms with Crippen LogP contribution in [0.4, 0.5) is 15.8 Å². The van der Waals surface area contributed by atoms with Gasteiger partial charge in [0.05, 0.1) is 17.2 Å². The van der Waals surface area contributed by atoms with Crippen molar-refractivity contribution in [1.29, 1.82) is 0 Å². The lowest BCUT2D eigenvalue weighted by Gasteiger charge is -2.26. The number of nitrogens with zero attached hydrogens (tertiary/aromatic N) is 1. The maximum absolute atomic E-state index is 14.2.